The van der Waals surface area contributed by atoms with Gasteiger partial charge in [-0.1, -0.05) is 25.1 Å². The van der Waals surface area contributed by atoms with Gasteiger partial charge in [0.15, 0.2) is 0 Å². The van der Waals surface area contributed by atoms with E-state index in [1.165, 1.54) is 5.56 Å². The zero-order valence-corrected chi connectivity index (χ0v) is 13.5. The summed E-state index contributed by atoms with van der Waals surface area (Å²) in [5, 5.41) is 7.88. The monoisotopic (exact) mass is 299 g/mol. The average Bonchev–Trinajstić information content (AvgIpc) is 2.53. The number of nitrogens with two attached hydrogens (primary N) is 1. The van der Waals surface area contributed by atoms with Crippen LogP contribution in [0.4, 0.5) is 11.4 Å². The minimum absolute atomic E-state index is 0.104. The second kappa shape index (κ2) is 6.68. The van der Waals surface area contributed by atoms with Gasteiger partial charge in [-0.15, -0.1) is 11.8 Å². The predicted molar refractivity (Wildman–Crippen MR) is 93.1 cm³/mol. The van der Waals surface area contributed by atoms with Gasteiger partial charge in [0, 0.05) is 17.6 Å². The molecule has 21 heavy (non-hydrogen) atoms. The zero-order valence-electron chi connectivity index (χ0n) is 12.7. The van der Waals surface area contributed by atoms with Gasteiger partial charge in [-0.05, 0) is 42.5 Å². The van der Waals surface area contributed by atoms with Gasteiger partial charge in [0.2, 0.25) is 0 Å². The molecule has 0 saturated heterocycles. The standard InChI is InChI=1S/C17H21N3S/c1-4-12-8-10-13(11-9-12)20(2)14-6-5-7-15(21-3)16(14)17(18)19/h5-11H,4H2,1-3H3,(H3,18,19). The summed E-state index contributed by atoms with van der Waals surface area (Å²) in [6, 6.07) is 14.5. The lowest BCUT2D eigenvalue weighted by atomic mass is 10.1. The van der Waals surface area contributed by atoms with Crippen LogP contribution in [0, 0.1) is 5.41 Å². The number of hydrogen-bond acceptors (Lipinski definition) is 3. The Hall–Kier alpha value is -1.94. The summed E-state index contributed by atoms with van der Waals surface area (Å²) >= 11 is 1.61. The predicted octanol–water partition coefficient (Wildman–Crippen LogP) is 4.02. The molecule has 0 bridgehead atoms. The van der Waals surface area contributed by atoms with Crippen LogP contribution >= 0.6 is 11.8 Å². The van der Waals surface area contributed by atoms with E-state index >= 15 is 0 Å². The van der Waals surface area contributed by atoms with Crippen molar-refractivity contribution < 1.29 is 0 Å². The third-order valence-electron chi connectivity index (χ3n) is 3.59. The van der Waals surface area contributed by atoms with Crippen molar-refractivity contribution in [3.8, 4) is 0 Å². The number of nitrogens with one attached hydrogen (secondary N) is 1. The van der Waals surface area contributed by atoms with Crippen LogP contribution in [-0.4, -0.2) is 19.1 Å². The van der Waals surface area contributed by atoms with E-state index in [0.29, 0.717) is 0 Å². The molecule has 0 atom stereocenters. The van der Waals surface area contributed by atoms with Gasteiger partial charge in [0.1, 0.15) is 5.84 Å². The van der Waals surface area contributed by atoms with Gasteiger partial charge in [0.25, 0.3) is 0 Å². The highest BCUT2D eigenvalue weighted by Gasteiger charge is 2.15. The Morgan fingerprint density at radius 3 is 2.38 bits per heavy atom. The van der Waals surface area contributed by atoms with Crippen molar-refractivity contribution >= 4 is 29.0 Å². The first-order chi connectivity index (χ1) is 10.1. The Morgan fingerprint density at radius 1 is 1.19 bits per heavy atom. The van der Waals surface area contributed by atoms with Gasteiger partial charge >= 0.3 is 0 Å². The maximum atomic E-state index is 7.88. The summed E-state index contributed by atoms with van der Waals surface area (Å²) in [5.41, 5.74) is 9.96. The number of aryl methyl sites for hydroxylation is 1. The number of amidine groups is 1. The molecule has 0 aliphatic carbocycles. The molecule has 2 rings (SSSR count). The molecular formula is C17H21N3S. The zero-order chi connectivity index (χ0) is 15.4. The largest absolute Gasteiger partial charge is 0.384 e. The fraction of sp³-hybridized carbons (Fsp3) is 0.235. The smallest absolute Gasteiger partial charge is 0.126 e. The molecule has 0 unspecified atom stereocenters. The van der Waals surface area contributed by atoms with E-state index in [2.05, 4.69) is 36.1 Å². The van der Waals surface area contributed by atoms with Crippen molar-refractivity contribution in [1.29, 1.82) is 5.41 Å². The van der Waals surface area contributed by atoms with Crippen LogP contribution < -0.4 is 10.6 Å². The van der Waals surface area contributed by atoms with Crippen LogP contribution in [0.3, 0.4) is 0 Å². The Labute approximate surface area is 130 Å². The fourth-order valence-electron chi connectivity index (χ4n) is 2.33. The number of rotatable bonds is 5. The molecule has 0 aromatic heterocycles. The van der Waals surface area contributed by atoms with Gasteiger partial charge in [-0.3, -0.25) is 5.41 Å². The molecule has 0 saturated carbocycles. The van der Waals surface area contributed by atoms with Gasteiger partial charge < -0.3 is 10.6 Å². The summed E-state index contributed by atoms with van der Waals surface area (Å²) in [7, 11) is 2.01. The lowest BCUT2D eigenvalue weighted by Gasteiger charge is -2.24. The summed E-state index contributed by atoms with van der Waals surface area (Å²) in [5.74, 6) is 0.104. The van der Waals surface area contributed by atoms with Crippen molar-refractivity contribution in [2.24, 2.45) is 5.73 Å². The topological polar surface area (TPSA) is 53.1 Å². The molecule has 3 nitrogen and oxygen atoms in total. The second-order valence-electron chi connectivity index (χ2n) is 4.85. The maximum absolute atomic E-state index is 7.88. The van der Waals surface area contributed by atoms with E-state index < -0.39 is 0 Å². The van der Waals surface area contributed by atoms with Crippen molar-refractivity contribution in [1.82, 2.24) is 0 Å². The Bertz CT molecular complexity index is 635. The average molecular weight is 299 g/mol. The first-order valence-electron chi connectivity index (χ1n) is 6.92. The van der Waals surface area contributed by atoms with E-state index in [0.717, 1.165) is 28.3 Å². The minimum Gasteiger partial charge on any atom is -0.384 e. The molecule has 0 amide bonds. The SMILES string of the molecule is CCc1ccc(N(C)c2cccc(SC)c2C(=N)N)cc1. The quantitative estimate of drug-likeness (QED) is 0.498. The molecule has 4 heteroatoms. The molecule has 0 heterocycles. The normalized spacial score (nSPS) is 10.4. The fourth-order valence-corrected chi connectivity index (χ4v) is 2.97. The maximum Gasteiger partial charge on any atom is 0.126 e. The Balaban J connectivity index is 2.46. The Morgan fingerprint density at radius 2 is 1.86 bits per heavy atom. The summed E-state index contributed by atoms with van der Waals surface area (Å²) in [6.45, 7) is 2.15. The number of anilines is 2. The molecule has 3 N–H and O–H groups in total. The number of thioether (sulfide) groups is 1. The van der Waals surface area contributed by atoms with E-state index in [4.69, 9.17) is 11.1 Å². The van der Waals surface area contributed by atoms with Crippen molar-refractivity contribution in [3.05, 3.63) is 53.6 Å². The molecule has 2 aromatic carbocycles. The van der Waals surface area contributed by atoms with Crippen LogP contribution in [0.25, 0.3) is 0 Å². The lowest BCUT2D eigenvalue weighted by molar-refractivity contribution is 1.13. The van der Waals surface area contributed by atoms with Crippen LogP contribution in [-0.2, 0) is 6.42 Å². The lowest BCUT2D eigenvalue weighted by Crippen LogP contribution is -2.19. The van der Waals surface area contributed by atoms with Crippen LogP contribution in [0.2, 0.25) is 0 Å². The van der Waals surface area contributed by atoms with E-state index in [1.807, 2.05) is 31.5 Å². The van der Waals surface area contributed by atoms with E-state index in [9.17, 15) is 0 Å². The second-order valence-corrected chi connectivity index (χ2v) is 5.70. The Kier molecular flexibility index (Phi) is 4.91. The molecule has 110 valence electrons. The van der Waals surface area contributed by atoms with E-state index in [-0.39, 0.29) is 5.84 Å². The third-order valence-corrected chi connectivity index (χ3v) is 4.37. The molecule has 0 spiro atoms. The summed E-state index contributed by atoms with van der Waals surface area (Å²) < 4.78 is 0. The van der Waals surface area contributed by atoms with Gasteiger partial charge in [0.05, 0.1) is 11.3 Å². The number of nitrogen functional groups attached to an aromatic ring is 1. The molecule has 2 aromatic rings. The highest BCUT2D eigenvalue weighted by atomic mass is 32.2. The van der Waals surface area contributed by atoms with Crippen LogP contribution in [0.15, 0.2) is 47.4 Å². The highest BCUT2D eigenvalue weighted by molar-refractivity contribution is 7.98. The number of nitrogens with zero attached hydrogens (tertiary/aromatic N) is 1. The van der Waals surface area contributed by atoms with Crippen molar-refractivity contribution in [2.45, 2.75) is 18.2 Å². The summed E-state index contributed by atoms with van der Waals surface area (Å²) in [6.07, 6.45) is 3.03. The molecule has 0 fully saturated rings. The molecule has 0 aliphatic rings. The number of benzene rings is 2. The van der Waals surface area contributed by atoms with Gasteiger partial charge in [-0.25, -0.2) is 0 Å². The summed E-state index contributed by atoms with van der Waals surface area (Å²) in [4.78, 5) is 3.10. The van der Waals surface area contributed by atoms with Crippen molar-refractivity contribution in [2.75, 3.05) is 18.2 Å². The molecule has 0 radical (unpaired) electrons. The van der Waals surface area contributed by atoms with Crippen LogP contribution in [0.5, 0.6) is 0 Å². The first kappa shape index (κ1) is 15.4. The van der Waals surface area contributed by atoms with Crippen LogP contribution in [0.1, 0.15) is 18.1 Å². The third kappa shape index (κ3) is 3.22. The first-order valence-corrected chi connectivity index (χ1v) is 8.15. The minimum atomic E-state index is 0.104. The molecule has 0 aliphatic heterocycles. The number of hydrogen-bond donors (Lipinski definition) is 2. The van der Waals surface area contributed by atoms with Gasteiger partial charge in [-0.2, -0.15) is 0 Å². The van der Waals surface area contributed by atoms with Crippen molar-refractivity contribution in [3.63, 3.8) is 0 Å². The van der Waals surface area contributed by atoms with E-state index in [1.54, 1.807) is 11.8 Å². The highest BCUT2D eigenvalue weighted by Crippen LogP contribution is 2.32. The molecular weight excluding hydrogens is 278 g/mol.